The molecule has 2 N–H and O–H groups in total. The number of hydrogen-bond acceptors (Lipinski definition) is 7. The van der Waals surface area contributed by atoms with Crippen molar-refractivity contribution in [3.05, 3.63) is 53.6 Å². The number of ether oxygens (including phenoxy) is 3. The number of esters is 1. The summed E-state index contributed by atoms with van der Waals surface area (Å²) in [7, 11) is 0. The molecule has 1 amide bonds. The van der Waals surface area contributed by atoms with Gasteiger partial charge in [0, 0.05) is 13.0 Å². The first-order valence-corrected chi connectivity index (χ1v) is 14.0. The molecular formula is C30H40N2O6. The molecule has 1 saturated heterocycles. The quantitative estimate of drug-likeness (QED) is 0.281. The van der Waals surface area contributed by atoms with Crippen molar-refractivity contribution in [2.75, 3.05) is 32.8 Å². The Bertz CT molecular complexity index is 1070. The van der Waals surface area contributed by atoms with Crippen molar-refractivity contribution in [1.29, 1.82) is 0 Å². The van der Waals surface area contributed by atoms with Crippen LogP contribution in [0.5, 0.6) is 17.2 Å². The van der Waals surface area contributed by atoms with E-state index in [0.29, 0.717) is 43.2 Å². The lowest BCUT2D eigenvalue weighted by atomic mass is 9.99. The van der Waals surface area contributed by atoms with Gasteiger partial charge in [0.2, 0.25) is 5.91 Å². The van der Waals surface area contributed by atoms with Gasteiger partial charge in [-0.25, -0.2) is 4.79 Å². The number of fused-ring (bicyclic) bond motifs is 1. The van der Waals surface area contributed by atoms with E-state index in [9.17, 15) is 14.7 Å². The van der Waals surface area contributed by atoms with Crippen LogP contribution in [0.2, 0.25) is 0 Å². The van der Waals surface area contributed by atoms with Gasteiger partial charge in [0.05, 0.1) is 6.04 Å². The third-order valence-corrected chi connectivity index (χ3v) is 7.13. The predicted octanol–water partition coefficient (Wildman–Crippen LogP) is 5.00. The molecular weight excluding hydrogens is 484 g/mol. The van der Waals surface area contributed by atoms with Crippen molar-refractivity contribution in [2.45, 2.75) is 70.4 Å². The highest BCUT2D eigenvalue weighted by Crippen LogP contribution is 2.35. The molecule has 0 radical (unpaired) electrons. The third kappa shape index (κ3) is 7.63. The number of unbranched alkanes of at least 4 members (excludes halogenated alkanes) is 4. The minimum absolute atomic E-state index is 0.0492. The van der Waals surface area contributed by atoms with Gasteiger partial charge < -0.3 is 29.5 Å². The second-order valence-corrected chi connectivity index (χ2v) is 10.1. The molecule has 2 aromatic carbocycles. The molecule has 2 aromatic rings. The van der Waals surface area contributed by atoms with Crippen molar-refractivity contribution in [2.24, 2.45) is 0 Å². The van der Waals surface area contributed by atoms with E-state index in [-0.39, 0.29) is 17.2 Å². The number of benzene rings is 2. The lowest BCUT2D eigenvalue weighted by molar-refractivity contribution is -0.123. The summed E-state index contributed by atoms with van der Waals surface area (Å²) in [5.41, 5.74) is 0.780. The van der Waals surface area contributed by atoms with E-state index in [2.05, 4.69) is 17.1 Å². The molecule has 0 bridgehead atoms. The Balaban J connectivity index is 1.59. The molecule has 2 unspecified atom stereocenters. The predicted molar refractivity (Wildman–Crippen MR) is 145 cm³/mol. The molecule has 8 heteroatoms. The third-order valence-electron chi connectivity index (χ3n) is 7.13. The van der Waals surface area contributed by atoms with Crippen LogP contribution in [0.15, 0.2) is 42.5 Å². The van der Waals surface area contributed by atoms with Crippen molar-refractivity contribution in [3.8, 4) is 17.2 Å². The molecule has 0 aliphatic carbocycles. The number of aromatic hydroxyl groups is 1. The van der Waals surface area contributed by atoms with Crippen LogP contribution in [0.25, 0.3) is 0 Å². The smallest absolute Gasteiger partial charge is 0.342 e. The van der Waals surface area contributed by atoms with E-state index in [1.54, 1.807) is 12.1 Å². The van der Waals surface area contributed by atoms with Crippen molar-refractivity contribution in [3.63, 3.8) is 0 Å². The highest BCUT2D eigenvalue weighted by molar-refractivity contribution is 5.92. The van der Waals surface area contributed by atoms with Gasteiger partial charge in [-0.05, 0) is 62.2 Å². The maximum absolute atomic E-state index is 13.3. The van der Waals surface area contributed by atoms with Gasteiger partial charge in [-0.2, -0.15) is 0 Å². The van der Waals surface area contributed by atoms with Gasteiger partial charge in [0.15, 0.2) is 11.5 Å². The number of carbonyl (C=O) groups excluding carboxylic acids is 2. The number of likely N-dealkylation sites (tertiary alicyclic amines) is 1. The number of rotatable bonds is 13. The Morgan fingerprint density at radius 3 is 2.50 bits per heavy atom. The molecule has 2 atom stereocenters. The average molecular weight is 525 g/mol. The summed E-state index contributed by atoms with van der Waals surface area (Å²) in [6, 6.07) is 11.3. The van der Waals surface area contributed by atoms with Crippen molar-refractivity contribution < 1.29 is 28.9 Å². The van der Waals surface area contributed by atoms with E-state index >= 15 is 0 Å². The maximum atomic E-state index is 13.3. The highest BCUT2D eigenvalue weighted by atomic mass is 16.6. The Labute approximate surface area is 225 Å². The zero-order chi connectivity index (χ0) is 26.7. The van der Waals surface area contributed by atoms with Gasteiger partial charge in [-0.1, -0.05) is 50.8 Å². The maximum Gasteiger partial charge on any atom is 0.342 e. The van der Waals surface area contributed by atoms with E-state index in [1.165, 1.54) is 18.6 Å². The molecule has 2 aliphatic rings. The van der Waals surface area contributed by atoms with E-state index in [1.807, 2.05) is 18.2 Å². The first-order valence-electron chi connectivity index (χ1n) is 14.0. The summed E-state index contributed by atoms with van der Waals surface area (Å²) in [6.45, 7) is 5.50. The average Bonchev–Trinajstić information content (AvgIpc) is 3.44. The number of hydrogen-bond donors (Lipinski definition) is 2. The van der Waals surface area contributed by atoms with Crippen molar-refractivity contribution >= 4 is 11.9 Å². The molecule has 1 fully saturated rings. The highest BCUT2D eigenvalue weighted by Gasteiger charge is 2.33. The number of phenolic OH excluding ortho intramolecular Hbond substituents is 1. The zero-order valence-corrected chi connectivity index (χ0v) is 22.3. The first-order chi connectivity index (χ1) is 18.5. The SMILES string of the molecule is CCCCCCCC(=O)NC(CN1CCCC1)C(OC(=O)c1ccccc1O)c1ccc2c(c1)OCCO2. The fraction of sp³-hybridized carbons (Fsp3) is 0.533. The van der Waals surface area contributed by atoms with Crippen LogP contribution in [-0.4, -0.2) is 60.8 Å². The Kier molecular flexibility index (Phi) is 10.3. The Hall–Kier alpha value is -3.26. The fourth-order valence-electron chi connectivity index (χ4n) is 5.07. The van der Waals surface area contributed by atoms with Crippen LogP contribution in [0.1, 0.15) is 80.3 Å². The standard InChI is InChI=1S/C30H40N2O6/c1-2-3-4-5-6-13-28(34)31-24(21-32-16-9-10-17-32)29(38-30(35)23-11-7-8-12-25(23)33)22-14-15-26-27(20-22)37-19-18-36-26/h7-8,11-12,14-15,20,24,29,33H,2-6,9-10,13,16-19,21H2,1H3,(H,31,34). The van der Waals surface area contributed by atoms with Crippen LogP contribution < -0.4 is 14.8 Å². The normalized spacial score (nSPS) is 16.6. The summed E-state index contributed by atoms with van der Waals surface area (Å²) in [6.07, 6.45) is 7.15. The van der Waals surface area contributed by atoms with Crippen LogP contribution >= 0.6 is 0 Å². The zero-order valence-electron chi connectivity index (χ0n) is 22.3. The molecule has 2 heterocycles. The number of nitrogens with one attached hydrogen (secondary N) is 1. The monoisotopic (exact) mass is 524 g/mol. The Morgan fingerprint density at radius 1 is 1.00 bits per heavy atom. The molecule has 0 spiro atoms. The minimum atomic E-state index is -0.789. The lowest BCUT2D eigenvalue weighted by Gasteiger charge is -2.32. The number of nitrogens with zero attached hydrogens (tertiary/aromatic N) is 1. The lowest BCUT2D eigenvalue weighted by Crippen LogP contribution is -2.47. The molecule has 206 valence electrons. The van der Waals surface area contributed by atoms with Crippen LogP contribution in [0.4, 0.5) is 0 Å². The van der Waals surface area contributed by atoms with Crippen LogP contribution in [0, 0.1) is 0 Å². The number of amides is 1. The summed E-state index contributed by atoms with van der Waals surface area (Å²) < 4.78 is 17.6. The number of para-hydroxylation sites is 1. The van der Waals surface area contributed by atoms with E-state index in [0.717, 1.165) is 51.6 Å². The van der Waals surface area contributed by atoms with E-state index in [4.69, 9.17) is 14.2 Å². The minimum Gasteiger partial charge on any atom is -0.507 e. The van der Waals surface area contributed by atoms with E-state index < -0.39 is 18.1 Å². The molecule has 0 aromatic heterocycles. The molecule has 4 rings (SSSR count). The fourth-order valence-corrected chi connectivity index (χ4v) is 5.07. The largest absolute Gasteiger partial charge is 0.507 e. The topological polar surface area (TPSA) is 97.3 Å². The van der Waals surface area contributed by atoms with Gasteiger partial charge in [-0.15, -0.1) is 0 Å². The van der Waals surface area contributed by atoms with Crippen LogP contribution in [-0.2, 0) is 9.53 Å². The summed E-state index contributed by atoms with van der Waals surface area (Å²) in [5, 5.41) is 13.5. The summed E-state index contributed by atoms with van der Waals surface area (Å²) in [5.74, 6) is 0.373. The second kappa shape index (κ2) is 14.0. The molecule has 8 nitrogen and oxygen atoms in total. The summed E-state index contributed by atoms with van der Waals surface area (Å²) >= 11 is 0. The first kappa shape index (κ1) is 27.8. The van der Waals surface area contributed by atoms with Gasteiger partial charge in [-0.3, -0.25) is 4.79 Å². The Morgan fingerprint density at radius 2 is 1.74 bits per heavy atom. The van der Waals surface area contributed by atoms with Gasteiger partial charge >= 0.3 is 5.97 Å². The molecule has 2 aliphatic heterocycles. The number of phenols is 1. The second-order valence-electron chi connectivity index (χ2n) is 10.1. The molecule has 38 heavy (non-hydrogen) atoms. The van der Waals surface area contributed by atoms with Gasteiger partial charge in [0.25, 0.3) is 0 Å². The van der Waals surface area contributed by atoms with Crippen molar-refractivity contribution in [1.82, 2.24) is 10.2 Å². The molecule has 0 saturated carbocycles. The van der Waals surface area contributed by atoms with Gasteiger partial charge in [0.1, 0.15) is 30.6 Å². The number of carbonyl (C=O) groups is 2. The van der Waals surface area contributed by atoms with Crippen LogP contribution in [0.3, 0.4) is 0 Å². The summed E-state index contributed by atoms with van der Waals surface area (Å²) in [4.78, 5) is 28.7.